The third-order valence-corrected chi connectivity index (χ3v) is 1.09. The van der Waals surface area contributed by atoms with Crippen LogP contribution < -0.4 is 5.32 Å². The van der Waals surface area contributed by atoms with Crippen molar-refractivity contribution in [3.63, 3.8) is 0 Å². The van der Waals surface area contributed by atoms with E-state index in [1.54, 1.807) is 6.08 Å². The van der Waals surface area contributed by atoms with Crippen molar-refractivity contribution in [2.24, 2.45) is 4.99 Å². The smallest absolute Gasteiger partial charge is 0.120 e. The van der Waals surface area contributed by atoms with E-state index in [-0.39, 0.29) is 5.54 Å². The molecular formula is C10H20N2. The van der Waals surface area contributed by atoms with E-state index < -0.39 is 0 Å². The van der Waals surface area contributed by atoms with Gasteiger partial charge in [-0.25, -0.2) is 0 Å². The molecule has 70 valence electrons. The molecule has 0 aliphatic rings. The maximum atomic E-state index is 4.37. The van der Waals surface area contributed by atoms with Crippen molar-refractivity contribution in [1.82, 2.24) is 5.32 Å². The highest BCUT2D eigenvalue weighted by atomic mass is 15.0. The Labute approximate surface area is 75.8 Å². The first-order valence-electron chi connectivity index (χ1n) is 4.33. The predicted octanol–water partition coefficient (Wildman–Crippen LogP) is 2.37. The second-order valence-corrected chi connectivity index (χ2v) is 4.19. The standard InChI is InChI=1S/C10H20N2/c1-7-9(11-8(2)3)12-10(4,5)6/h7-8H,1H2,2-6H3,(H,11,12). The molecule has 0 aliphatic carbocycles. The highest BCUT2D eigenvalue weighted by molar-refractivity contribution is 5.92. The van der Waals surface area contributed by atoms with Crippen molar-refractivity contribution >= 4 is 5.84 Å². The molecule has 0 aliphatic heterocycles. The molecule has 0 rings (SSSR count). The molecule has 0 aromatic rings. The van der Waals surface area contributed by atoms with Gasteiger partial charge < -0.3 is 5.32 Å². The fourth-order valence-electron chi connectivity index (χ4n) is 0.798. The lowest BCUT2D eigenvalue weighted by atomic mass is 10.1. The Bertz CT molecular complexity index is 173. The van der Waals surface area contributed by atoms with Crippen LogP contribution in [0.1, 0.15) is 34.6 Å². The van der Waals surface area contributed by atoms with Crippen LogP contribution in [0.5, 0.6) is 0 Å². The van der Waals surface area contributed by atoms with E-state index in [0.29, 0.717) is 6.04 Å². The van der Waals surface area contributed by atoms with Crippen molar-refractivity contribution < 1.29 is 0 Å². The summed E-state index contributed by atoms with van der Waals surface area (Å²) < 4.78 is 0. The SMILES string of the molecule is C=CC(=NC(C)C)NC(C)(C)C. The first-order valence-corrected chi connectivity index (χ1v) is 4.33. The van der Waals surface area contributed by atoms with E-state index in [4.69, 9.17) is 0 Å². The van der Waals surface area contributed by atoms with Crippen molar-refractivity contribution in [3.05, 3.63) is 12.7 Å². The topological polar surface area (TPSA) is 24.4 Å². The summed E-state index contributed by atoms with van der Waals surface area (Å²) in [6.07, 6.45) is 1.76. The lowest BCUT2D eigenvalue weighted by molar-refractivity contribution is 0.511. The van der Waals surface area contributed by atoms with Gasteiger partial charge in [-0.15, -0.1) is 0 Å². The molecule has 0 bridgehead atoms. The first kappa shape index (κ1) is 11.2. The van der Waals surface area contributed by atoms with Crippen LogP contribution >= 0.6 is 0 Å². The van der Waals surface area contributed by atoms with Gasteiger partial charge in [-0.2, -0.15) is 0 Å². The van der Waals surface area contributed by atoms with E-state index in [1.807, 2.05) is 13.8 Å². The number of aliphatic imine (C=N–C) groups is 1. The van der Waals surface area contributed by atoms with Gasteiger partial charge in [-0.05, 0) is 40.7 Å². The molecule has 2 heteroatoms. The largest absolute Gasteiger partial charge is 0.366 e. The lowest BCUT2D eigenvalue weighted by Gasteiger charge is -2.22. The molecule has 0 atom stereocenters. The summed E-state index contributed by atoms with van der Waals surface area (Å²) in [4.78, 5) is 4.37. The van der Waals surface area contributed by atoms with Crippen molar-refractivity contribution in [3.8, 4) is 0 Å². The maximum absolute atomic E-state index is 4.37. The third kappa shape index (κ3) is 5.96. The van der Waals surface area contributed by atoms with Gasteiger partial charge in [0.05, 0.1) is 0 Å². The molecule has 0 saturated heterocycles. The van der Waals surface area contributed by atoms with E-state index in [2.05, 4.69) is 37.7 Å². The number of hydrogen-bond acceptors (Lipinski definition) is 1. The highest BCUT2D eigenvalue weighted by Gasteiger charge is 2.09. The Morgan fingerprint density at radius 2 is 1.92 bits per heavy atom. The average Bonchev–Trinajstić information content (AvgIpc) is 1.82. The fourth-order valence-corrected chi connectivity index (χ4v) is 0.798. The summed E-state index contributed by atoms with van der Waals surface area (Å²) in [6.45, 7) is 14.1. The molecule has 0 unspecified atom stereocenters. The first-order chi connectivity index (χ1) is 5.35. The fraction of sp³-hybridized carbons (Fsp3) is 0.700. The molecule has 0 fully saturated rings. The van der Waals surface area contributed by atoms with Crippen LogP contribution in [0.4, 0.5) is 0 Å². The van der Waals surface area contributed by atoms with Gasteiger partial charge >= 0.3 is 0 Å². The second-order valence-electron chi connectivity index (χ2n) is 4.19. The minimum atomic E-state index is 0.0575. The molecule has 0 aromatic carbocycles. The summed E-state index contributed by atoms with van der Waals surface area (Å²) in [5, 5.41) is 3.27. The normalized spacial score (nSPS) is 13.3. The molecule has 0 saturated carbocycles. The molecule has 0 heterocycles. The Morgan fingerprint density at radius 1 is 1.42 bits per heavy atom. The maximum Gasteiger partial charge on any atom is 0.120 e. The molecule has 0 aromatic heterocycles. The monoisotopic (exact) mass is 168 g/mol. The van der Waals surface area contributed by atoms with Crippen LogP contribution in [0, 0.1) is 0 Å². The van der Waals surface area contributed by atoms with E-state index in [9.17, 15) is 0 Å². The Kier molecular flexibility index (Phi) is 4.01. The molecule has 1 N–H and O–H groups in total. The molecule has 0 amide bonds. The summed E-state index contributed by atoms with van der Waals surface area (Å²) >= 11 is 0. The summed E-state index contributed by atoms with van der Waals surface area (Å²) in [5.74, 6) is 0.873. The van der Waals surface area contributed by atoms with E-state index in [1.165, 1.54) is 0 Å². The van der Waals surface area contributed by atoms with Gasteiger partial charge in [-0.1, -0.05) is 6.58 Å². The van der Waals surface area contributed by atoms with Crippen LogP contribution in [-0.2, 0) is 0 Å². The molecule has 0 radical (unpaired) electrons. The van der Waals surface area contributed by atoms with Crippen molar-refractivity contribution in [2.75, 3.05) is 0 Å². The molecule has 2 nitrogen and oxygen atoms in total. The summed E-state index contributed by atoms with van der Waals surface area (Å²) in [5.41, 5.74) is 0.0575. The second kappa shape index (κ2) is 4.29. The third-order valence-electron chi connectivity index (χ3n) is 1.09. The molecule has 0 spiro atoms. The lowest BCUT2D eigenvalue weighted by Crippen LogP contribution is -2.40. The zero-order valence-electron chi connectivity index (χ0n) is 8.81. The number of hydrogen-bond donors (Lipinski definition) is 1. The quantitative estimate of drug-likeness (QED) is 0.497. The highest BCUT2D eigenvalue weighted by Crippen LogP contribution is 1.99. The van der Waals surface area contributed by atoms with Crippen LogP contribution in [0.25, 0.3) is 0 Å². The summed E-state index contributed by atoms with van der Waals surface area (Å²) in [6, 6.07) is 0.313. The van der Waals surface area contributed by atoms with E-state index >= 15 is 0 Å². The Balaban J connectivity index is 4.28. The van der Waals surface area contributed by atoms with Crippen molar-refractivity contribution in [2.45, 2.75) is 46.2 Å². The number of rotatable bonds is 2. The van der Waals surface area contributed by atoms with Gasteiger partial charge in [0.25, 0.3) is 0 Å². The predicted molar refractivity (Wildman–Crippen MR) is 55.7 cm³/mol. The van der Waals surface area contributed by atoms with Crippen molar-refractivity contribution in [1.29, 1.82) is 0 Å². The average molecular weight is 168 g/mol. The minimum absolute atomic E-state index is 0.0575. The number of amidine groups is 1. The summed E-state index contributed by atoms with van der Waals surface area (Å²) in [7, 11) is 0. The number of nitrogens with one attached hydrogen (secondary N) is 1. The molecular weight excluding hydrogens is 148 g/mol. The Morgan fingerprint density at radius 3 is 2.17 bits per heavy atom. The van der Waals surface area contributed by atoms with Crippen LogP contribution in [-0.4, -0.2) is 17.4 Å². The van der Waals surface area contributed by atoms with Gasteiger partial charge in [0, 0.05) is 11.6 Å². The minimum Gasteiger partial charge on any atom is -0.366 e. The van der Waals surface area contributed by atoms with E-state index in [0.717, 1.165) is 5.84 Å². The van der Waals surface area contributed by atoms with Gasteiger partial charge in [0.2, 0.25) is 0 Å². The number of nitrogens with zero attached hydrogens (tertiary/aromatic N) is 1. The van der Waals surface area contributed by atoms with Crippen LogP contribution in [0.2, 0.25) is 0 Å². The molecule has 12 heavy (non-hydrogen) atoms. The van der Waals surface area contributed by atoms with Crippen LogP contribution in [0.15, 0.2) is 17.6 Å². The van der Waals surface area contributed by atoms with Gasteiger partial charge in [-0.3, -0.25) is 4.99 Å². The van der Waals surface area contributed by atoms with Gasteiger partial charge in [0.15, 0.2) is 0 Å². The zero-order chi connectivity index (χ0) is 9.78. The Hall–Kier alpha value is -0.790. The zero-order valence-corrected chi connectivity index (χ0v) is 8.81. The van der Waals surface area contributed by atoms with Crippen LogP contribution in [0.3, 0.4) is 0 Å². The van der Waals surface area contributed by atoms with Gasteiger partial charge in [0.1, 0.15) is 5.84 Å².